The maximum atomic E-state index is 10.7. The molecule has 2 aromatic rings. The third kappa shape index (κ3) is 4.63. The summed E-state index contributed by atoms with van der Waals surface area (Å²) in [7, 11) is 0. The quantitative estimate of drug-likeness (QED) is 0.718. The Labute approximate surface area is 163 Å². The van der Waals surface area contributed by atoms with Gasteiger partial charge in [-0.05, 0) is 48.2 Å². The van der Waals surface area contributed by atoms with Gasteiger partial charge in [0.15, 0.2) is 13.2 Å². The van der Waals surface area contributed by atoms with Crippen molar-refractivity contribution in [3.05, 3.63) is 59.7 Å². The van der Waals surface area contributed by atoms with Gasteiger partial charge in [0.25, 0.3) is 0 Å². The molecule has 148 valence electrons. The van der Waals surface area contributed by atoms with Crippen LogP contribution in [-0.4, -0.2) is 35.4 Å². The molecule has 2 aromatic carbocycles. The molecular formula is C22H24O6. The fourth-order valence-electron chi connectivity index (χ4n) is 3.93. The molecule has 0 radical (unpaired) electrons. The highest BCUT2D eigenvalue weighted by Crippen LogP contribution is 2.45. The lowest BCUT2D eigenvalue weighted by Gasteiger charge is -2.38. The topological polar surface area (TPSA) is 93.1 Å². The minimum Gasteiger partial charge on any atom is -0.482 e. The molecule has 1 fully saturated rings. The molecule has 1 saturated carbocycles. The number of rotatable bonds is 8. The van der Waals surface area contributed by atoms with Crippen molar-refractivity contribution in [2.45, 2.75) is 37.5 Å². The van der Waals surface area contributed by atoms with Crippen molar-refractivity contribution in [2.75, 3.05) is 13.2 Å². The second kappa shape index (κ2) is 8.78. The highest BCUT2D eigenvalue weighted by molar-refractivity contribution is 5.68. The maximum absolute atomic E-state index is 10.7. The Morgan fingerprint density at radius 1 is 0.714 bits per heavy atom. The van der Waals surface area contributed by atoms with Crippen LogP contribution in [0.3, 0.4) is 0 Å². The van der Waals surface area contributed by atoms with Gasteiger partial charge in [-0.2, -0.15) is 0 Å². The summed E-state index contributed by atoms with van der Waals surface area (Å²) >= 11 is 0. The standard InChI is InChI=1S/C22H24O6/c23-20(24)14-27-18-8-4-16(5-9-18)22(12-2-1-3-13-22)17-6-10-19(11-7-17)28-15-21(25)26/h4-11H,1-3,12-15H2,(H,23,24)(H,25,26). The predicted octanol–water partition coefficient (Wildman–Crippen LogP) is 3.86. The van der Waals surface area contributed by atoms with E-state index in [9.17, 15) is 9.59 Å². The molecule has 0 saturated heterocycles. The van der Waals surface area contributed by atoms with Crippen molar-refractivity contribution in [3.63, 3.8) is 0 Å². The van der Waals surface area contributed by atoms with Crippen LogP contribution in [0.1, 0.15) is 43.2 Å². The summed E-state index contributed by atoms with van der Waals surface area (Å²) in [6, 6.07) is 15.3. The van der Waals surface area contributed by atoms with Crippen molar-refractivity contribution >= 4 is 11.9 Å². The molecule has 0 heterocycles. The van der Waals surface area contributed by atoms with E-state index in [2.05, 4.69) is 0 Å². The van der Waals surface area contributed by atoms with Crippen molar-refractivity contribution in [2.24, 2.45) is 0 Å². The van der Waals surface area contributed by atoms with Crippen LogP contribution in [0.4, 0.5) is 0 Å². The third-order valence-corrected chi connectivity index (χ3v) is 5.25. The van der Waals surface area contributed by atoms with E-state index >= 15 is 0 Å². The van der Waals surface area contributed by atoms with Crippen molar-refractivity contribution in [1.29, 1.82) is 0 Å². The van der Waals surface area contributed by atoms with Gasteiger partial charge in [0.05, 0.1) is 0 Å². The van der Waals surface area contributed by atoms with Crippen molar-refractivity contribution in [1.82, 2.24) is 0 Å². The van der Waals surface area contributed by atoms with Crippen LogP contribution in [0.2, 0.25) is 0 Å². The summed E-state index contributed by atoms with van der Waals surface area (Å²) in [6.45, 7) is -0.718. The predicted molar refractivity (Wildman–Crippen MR) is 103 cm³/mol. The van der Waals surface area contributed by atoms with Crippen LogP contribution >= 0.6 is 0 Å². The zero-order chi connectivity index (χ0) is 20.0. The van der Waals surface area contributed by atoms with E-state index in [0.29, 0.717) is 11.5 Å². The van der Waals surface area contributed by atoms with E-state index in [0.717, 1.165) is 25.7 Å². The van der Waals surface area contributed by atoms with E-state index < -0.39 is 11.9 Å². The van der Waals surface area contributed by atoms with Crippen LogP contribution in [0.15, 0.2) is 48.5 Å². The number of carboxylic acid groups (broad SMARTS) is 2. The molecule has 0 amide bonds. The largest absolute Gasteiger partial charge is 0.482 e. The molecule has 0 unspecified atom stereocenters. The smallest absolute Gasteiger partial charge is 0.341 e. The highest BCUT2D eigenvalue weighted by Gasteiger charge is 2.35. The van der Waals surface area contributed by atoms with Gasteiger partial charge in [-0.15, -0.1) is 0 Å². The van der Waals surface area contributed by atoms with Gasteiger partial charge >= 0.3 is 11.9 Å². The lowest BCUT2D eigenvalue weighted by Crippen LogP contribution is -2.30. The normalized spacial score (nSPS) is 15.6. The second-order valence-corrected chi connectivity index (χ2v) is 7.06. The number of carbonyl (C=O) groups is 2. The molecule has 2 N–H and O–H groups in total. The Morgan fingerprint density at radius 3 is 1.46 bits per heavy atom. The minimum atomic E-state index is -1.00. The first-order valence-electron chi connectivity index (χ1n) is 9.40. The Morgan fingerprint density at radius 2 is 1.11 bits per heavy atom. The molecule has 28 heavy (non-hydrogen) atoms. The lowest BCUT2D eigenvalue weighted by atomic mass is 9.65. The number of hydrogen-bond acceptors (Lipinski definition) is 4. The fraction of sp³-hybridized carbons (Fsp3) is 0.364. The monoisotopic (exact) mass is 384 g/mol. The first kappa shape index (κ1) is 19.7. The molecule has 0 atom stereocenters. The summed E-state index contributed by atoms with van der Waals surface area (Å²) in [4.78, 5) is 21.3. The maximum Gasteiger partial charge on any atom is 0.341 e. The summed E-state index contributed by atoms with van der Waals surface area (Å²) < 4.78 is 10.5. The van der Waals surface area contributed by atoms with Crippen molar-refractivity contribution < 1.29 is 29.3 Å². The number of carboxylic acids is 2. The molecule has 0 spiro atoms. The van der Waals surface area contributed by atoms with Crippen LogP contribution in [0, 0.1) is 0 Å². The Hall–Kier alpha value is -3.02. The summed E-state index contributed by atoms with van der Waals surface area (Å²) in [5.74, 6) is -0.930. The lowest BCUT2D eigenvalue weighted by molar-refractivity contribution is -0.140. The fourth-order valence-corrected chi connectivity index (χ4v) is 3.93. The number of benzene rings is 2. The number of hydrogen-bond donors (Lipinski definition) is 2. The summed E-state index contributed by atoms with van der Waals surface area (Å²) in [5, 5.41) is 17.5. The average molecular weight is 384 g/mol. The first-order valence-corrected chi connectivity index (χ1v) is 9.40. The van der Waals surface area contributed by atoms with Gasteiger partial charge in [-0.1, -0.05) is 43.5 Å². The van der Waals surface area contributed by atoms with Gasteiger partial charge < -0.3 is 19.7 Å². The highest BCUT2D eigenvalue weighted by atomic mass is 16.5. The molecular weight excluding hydrogens is 360 g/mol. The summed E-state index contributed by atoms with van der Waals surface area (Å²) in [5.41, 5.74) is 2.23. The van der Waals surface area contributed by atoms with Gasteiger partial charge in [-0.25, -0.2) is 9.59 Å². The van der Waals surface area contributed by atoms with Crippen molar-refractivity contribution in [3.8, 4) is 11.5 Å². The second-order valence-electron chi connectivity index (χ2n) is 7.06. The Kier molecular flexibility index (Phi) is 6.19. The molecule has 6 heteroatoms. The van der Waals surface area contributed by atoms with E-state index in [1.807, 2.05) is 48.5 Å². The molecule has 3 rings (SSSR count). The molecule has 6 nitrogen and oxygen atoms in total. The Balaban J connectivity index is 1.84. The van der Waals surface area contributed by atoms with Crippen LogP contribution in [-0.2, 0) is 15.0 Å². The Bertz CT molecular complexity index is 740. The number of aliphatic carboxylic acids is 2. The third-order valence-electron chi connectivity index (χ3n) is 5.25. The van der Waals surface area contributed by atoms with Crippen LogP contribution in [0.25, 0.3) is 0 Å². The van der Waals surface area contributed by atoms with Crippen LogP contribution < -0.4 is 9.47 Å². The van der Waals surface area contributed by atoms with Gasteiger partial charge in [0.2, 0.25) is 0 Å². The molecule has 1 aliphatic carbocycles. The average Bonchev–Trinajstić information content (AvgIpc) is 2.72. The summed E-state index contributed by atoms with van der Waals surface area (Å²) in [6.07, 6.45) is 5.53. The zero-order valence-corrected chi connectivity index (χ0v) is 15.6. The van der Waals surface area contributed by atoms with Gasteiger partial charge in [0, 0.05) is 5.41 Å². The van der Waals surface area contributed by atoms with Crippen LogP contribution in [0.5, 0.6) is 11.5 Å². The minimum absolute atomic E-state index is 0.116. The first-order chi connectivity index (χ1) is 13.5. The van der Waals surface area contributed by atoms with Gasteiger partial charge in [0.1, 0.15) is 11.5 Å². The number of ether oxygens (including phenoxy) is 2. The van der Waals surface area contributed by atoms with E-state index in [1.54, 1.807) is 0 Å². The van der Waals surface area contributed by atoms with E-state index in [4.69, 9.17) is 19.7 Å². The van der Waals surface area contributed by atoms with Gasteiger partial charge in [-0.3, -0.25) is 0 Å². The zero-order valence-electron chi connectivity index (χ0n) is 15.6. The molecule has 0 bridgehead atoms. The van der Waals surface area contributed by atoms with E-state index in [1.165, 1.54) is 17.5 Å². The molecule has 0 aliphatic heterocycles. The SMILES string of the molecule is O=C(O)COc1ccc(C2(c3ccc(OCC(=O)O)cc3)CCCCC2)cc1. The molecule has 0 aromatic heterocycles. The molecule has 1 aliphatic rings. The van der Waals surface area contributed by atoms with E-state index in [-0.39, 0.29) is 18.6 Å².